The summed E-state index contributed by atoms with van der Waals surface area (Å²) >= 11 is 0. The number of fused-ring (bicyclic) bond motifs is 1. The third kappa shape index (κ3) is 4.19. The van der Waals surface area contributed by atoms with Gasteiger partial charge in [0.1, 0.15) is 11.4 Å². The molecular weight excluding hydrogens is 474 g/mol. The van der Waals surface area contributed by atoms with Gasteiger partial charge in [-0.15, -0.1) is 0 Å². The van der Waals surface area contributed by atoms with Crippen molar-refractivity contribution in [1.29, 1.82) is 0 Å². The minimum absolute atomic E-state index is 0.133. The van der Waals surface area contributed by atoms with E-state index in [4.69, 9.17) is 4.99 Å². The first-order valence-electron chi connectivity index (χ1n) is 14.0. The molecule has 1 atom stereocenters. The largest absolute Gasteiger partial charge is 0.342 e. The van der Waals surface area contributed by atoms with Crippen LogP contribution in [0.25, 0.3) is 21.9 Å². The van der Waals surface area contributed by atoms with E-state index in [0.717, 1.165) is 91.6 Å². The van der Waals surface area contributed by atoms with E-state index >= 15 is 0 Å². The molecule has 7 heteroatoms. The molecule has 7 rings (SSSR count). The second kappa shape index (κ2) is 9.31. The maximum absolute atomic E-state index is 13.9. The summed E-state index contributed by atoms with van der Waals surface area (Å²) in [6.45, 7) is 3.79. The molecule has 1 aliphatic carbocycles. The molecule has 4 aliphatic rings. The molecule has 38 heavy (non-hydrogen) atoms. The molecular formula is C31H33N5O2. The number of carbonyl (C=O) groups excluding carboxylic acids is 2. The zero-order valence-corrected chi connectivity index (χ0v) is 21.6. The van der Waals surface area contributed by atoms with Gasteiger partial charge in [0.25, 0.3) is 5.91 Å². The Morgan fingerprint density at radius 2 is 1.71 bits per heavy atom. The summed E-state index contributed by atoms with van der Waals surface area (Å²) < 4.78 is 0. The molecule has 7 nitrogen and oxygen atoms in total. The summed E-state index contributed by atoms with van der Waals surface area (Å²) in [7, 11) is 0. The second-order valence-electron chi connectivity index (χ2n) is 11.4. The van der Waals surface area contributed by atoms with Gasteiger partial charge in [0, 0.05) is 48.9 Å². The highest BCUT2D eigenvalue weighted by Crippen LogP contribution is 2.36. The average Bonchev–Trinajstić information content (AvgIpc) is 3.66. The Morgan fingerprint density at radius 3 is 2.50 bits per heavy atom. The van der Waals surface area contributed by atoms with Crippen LogP contribution in [0.2, 0.25) is 0 Å². The summed E-state index contributed by atoms with van der Waals surface area (Å²) in [5.74, 6) is 1.77. The first-order chi connectivity index (χ1) is 18.6. The molecule has 0 radical (unpaired) electrons. The van der Waals surface area contributed by atoms with E-state index < -0.39 is 5.54 Å². The summed E-state index contributed by atoms with van der Waals surface area (Å²) in [5, 5.41) is 5.67. The SMILES string of the molecule is O=C(C1CC1)N1CC[C@@H](CN2C(=O)C3(CCNCC3)N=C2c2ccc(-c3ccc4cnccc4c3)cc2)C1. The Morgan fingerprint density at radius 1 is 0.947 bits per heavy atom. The van der Waals surface area contributed by atoms with Gasteiger partial charge >= 0.3 is 0 Å². The van der Waals surface area contributed by atoms with Crippen molar-refractivity contribution >= 4 is 28.4 Å². The second-order valence-corrected chi connectivity index (χ2v) is 11.4. The van der Waals surface area contributed by atoms with Crippen molar-refractivity contribution in [2.24, 2.45) is 16.8 Å². The number of pyridine rings is 1. The third-order valence-corrected chi connectivity index (χ3v) is 8.73. The van der Waals surface area contributed by atoms with Crippen LogP contribution in [0.5, 0.6) is 0 Å². The van der Waals surface area contributed by atoms with Crippen LogP contribution in [-0.2, 0) is 9.59 Å². The van der Waals surface area contributed by atoms with Crippen LogP contribution in [0, 0.1) is 11.8 Å². The lowest BCUT2D eigenvalue weighted by Crippen LogP contribution is -2.50. The van der Waals surface area contributed by atoms with Crippen LogP contribution in [0.15, 0.2) is 65.9 Å². The zero-order valence-electron chi connectivity index (χ0n) is 21.6. The number of amidine groups is 1. The fraction of sp³-hybridized carbons (Fsp3) is 0.419. The summed E-state index contributed by atoms with van der Waals surface area (Å²) in [6.07, 6.45) is 8.17. The maximum Gasteiger partial charge on any atom is 0.256 e. The quantitative estimate of drug-likeness (QED) is 0.569. The molecule has 1 N–H and O–H groups in total. The molecule has 1 saturated carbocycles. The number of benzene rings is 2. The van der Waals surface area contributed by atoms with Gasteiger partial charge in [0.2, 0.25) is 5.91 Å². The molecule has 194 valence electrons. The standard InChI is InChI=1S/C31H33N5O2/c37-29(24-5-6-24)35-16-10-21(19-35)20-36-28(34-31(30(36)38)11-14-32-15-12-31)23-3-1-22(2-4-23)25-7-8-27-18-33-13-9-26(27)17-25/h1-4,7-9,13,17-18,21,24,32H,5-6,10-12,14-16,19-20H2/t21-/m1/s1. The van der Waals surface area contributed by atoms with Gasteiger partial charge in [-0.25, -0.2) is 0 Å². The lowest BCUT2D eigenvalue weighted by Gasteiger charge is -2.31. The van der Waals surface area contributed by atoms with E-state index in [1.54, 1.807) is 0 Å². The number of carbonyl (C=O) groups is 2. The molecule has 1 spiro atoms. The molecule has 3 fully saturated rings. The number of piperidine rings is 1. The van der Waals surface area contributed by atoms with Gasteiger partial charge in [0.05, 0.1) is 0 Å². The monoisotopic (exact) mass is 507 g/mol. The van der Waals surface area contributed by atoms with Crippen LogP contribution in [0.3, 0.4) is 0 Å². The van der Waals surface area contributed by atoms with Crippen molar-refractivity contribution in [2.45, 2.75) is 37.6 Å². The highest BCUT2D eigenvalue weighted by molar-refractivity contribution is 6.15. The number of nitrogens with one attached hydrogen (secondary N) is 1. The van der Waals surface area contributed by atoms with Crippen LogP contribution in [0.1, 0.15) is 37.7 Å². The molecule has 1 aromatic heterocycles. The van der Waals surface area contributed by atoms with Crippen LogP contribution in [0.4, 0.5) is 0 Å². The van der Waals surface area contributed by atoms with Crippen molar-refractivity contribution in [3.05, 3.63) is 66.5 Å². The predicted octanol–water partition coefficient (Wildman–Crippen LogP) is 3.87. The van der Waals surface area contributed by atoms with E-state index in [-0.39, 0.29) is 17.7 Å². The van der Waals surface area contributed by atoms with Crippen LogP contribution < -0.4 is 5.32 Å². The first-order valence-corrected chi connectivity index (χ1v) is 14.0. The highest BCUT2D eigenvalue weighted by Gasteiger charge is 2.49. The van der Waals surface area contributed by atoms with Gasteiger partial charge in [0.15, 0.2) is 0 Å². The summed E-state index contributed by atoms with van der Waals surface area (Å²) in [4.78, 5) is 39.8. The molecule has 2 amide bonds. The van der Waals surface area contributed by atoms with Crippen molar-refractivity contribution in [2.75, 3.05) is 32.7 Å². The molecule has 2 saturated heterocycles. The first kappa shape index (κ1) is 23.5. The average molecular weight is 508 g/mol. The van der Waals surface area contributed by atoms with Crippen molar-refractivity contribution in [1.82, 2.24) is 20.1 Å². The van der Waals surface area contributed by atoms with Gasteiger partial charge in [-0.1, -0.05) is 36.4 Å². The fourth-order valence-corrected chi connectivity index (χ4v) is 6.32. The minimum atomic E-state index is -0.659. The molecule has 3 aliphatic heterocycles. The highest BCUT2D eigenvalue weighted by atomic mass is 16.2. The van der Waals surface area contributed by atoms with Gasteiger partial charge in [-0.2, -0.15) is 0 Å². The van der Waals surface area contributed by atoms with E-state index in [1.807, 2.05) is 28.3 Å². The predicted molar refractivity (Wildman–Crippen MR) is 148 cm³/mol. The number of amides is 2. The number of nitrogens with zero attached hydrogens (tertiary/aromatic N) is 4. The van der Waals surface area contributed by atoms with E-state index in [2.05, 4.69) is 52.8 Å². The van der Waals surface area contributed by atoms with E-state index in [1.165, 1.54) is 0 Å². The Hall–Kier alpha value is -3.58. The molecule has 0 unspecified atom stereocenters. The third-order valence-electron chi connectivity index (χ3n) is 8.73. The topological polar surface area (TPSA) is 77.9 Å². The van der Waals surface area contributed by atoms with E-state index in [0.29, 0.717) is 12.5 Å². The van der Waals surface area contributed by atoms with Crippen LogP contribution in [-0.4, -0.2) is 70.7 Å². The van der Waals surface area contributed by atoms with Gasteiger partial charge in [-0.05, 0) is 79.8 Å². The van der Waals surface area contributed by atoms with Gasteiger partial charge in [-0.3, -0.25) is 24.5 Å². The number of aliphatic imine (C=N–C) groups is 1. The van der Waals surface area contributed by atoms with Crippen molar-refractivity contribution in [3.63, 3.8) is 0 Å². The van der Waals surface area contributed by atoms with Crippen LogP contribution >= 0.6 is 0 Å². The Labute approximate surface area is 222 Å². The summed E-state index contributed by atoms with van der Waals surface area (Å²) in [6, 6.07) is 16.9. The lowest BCUT2D eigenvalue weighted by atomic mass is 9.88. The number of hydrogen-bond donors (Lipinski definition) is 1. The molecule has 2 aromatic carbocycles. The lowest BCUT2D eigenvalue weighted by molar-refractivity contribution is -0.132. The number of hydrogen-bond acceptors (Lipinski definition) is 5. The van der Waals surface area contributed by atoms with Crippen molar-refractivity contribution in [3.8, 4) is 11.1 Å². The maximum atomic E-state index is 13.9. The number of rotatable bonds is 5. The van der Waals surface area contributed by atoms with Gasteiger partial charge < -0.3 is 10.2 Å². The Bertz CT molecular complexity index is 1420. The molecule has 4 heterocycles. The zero-order chi connectivity index (χ0) is 25.7. The fourth-order valence-electron chi connectivity index (χ4n) is 6.32. The van der Waals surface area contributed by atoms with Crippen molar-refractivity contribution < 1.29 is 9.59 Å². The molecule has 0 bridgehead atoms. The Kier molecular flexibility index (Phi) is 5.77. The molecule has 3 aromatic rings. The smallest absolute Gasteiger partial charge is 0.256 e. The Balaban J connectivity index is 1.16. The summed E-state index contributed by atoms with van der Waals surface area (Å²) in [5.41, 5.74) is 2.60. The minimum Gasteiger partial charge on any atom is -0.342 e. The van der Waals surface area contributed by atoms with E-state index in [9.17, 15) is 9.59 Å². The number of aromatic nitrogens is 1. The normalized spacial score (nSPS) is 22.9. The number of likely N-dealkylation sites (tertiary alicyclic amines) is 1.